The van der Waals surface area contributed by atoms with Crippen LogP contribution in [0.1, 0.15) is 20.8 Å². The topological polar surface area (TPSA) is 69.9 Å². The zero-order valence-electron chi connectivity index (χ0n) is 7.61. The number of aliphatic imine (C=N–C) groups is 1. The number of rotatable bonds is 4. The fourth-order valence-corrected chi connectivity index (χ4v) is 1.00. The molecule has 0 saturated heterocycles. The van der Waals surface area contributed by atoms with Gasteiger partial charge in [0.15, 0.2) is 0 Å². The van der Waals surface area contributed by atoms with Crippen LogP contribution in [0.2, 0.25) is 0 Å². The van der Waals surface area contributed by atoms with Crippen LogP contribution in [0, 0.1) is 5.92 Å². The van der Waals surface area contributed by atoms with E-state index in [0.717, 1.165) is 0 Å². The van der Waals surface area contributed by atoms with Crippen molar-refractivity contribution in [2.75, 3.05) is 6.54 Å². The standard InChI is InChI=1S/C8H15NO3/c1-6(2)7(11)8(3,12)4-9-5-10/h6-7,11-12H,4H2,1-3H3. The maximum absolute atomic E-state index is 9.76. The van der Waals surface area contributed by atoms with E-state index in [0.29, 0.717) is 0 Å². The number of aliphatic hydroxyl groups excluding tert-OH is 1. The lowest BCUT2D eigenvalue weighted by molar-refractivity contribution is -0.0752. The Hall–Kier alpha value is -0.700. The summed E-state index contributed by atoms with van der Waals surface area (Å²) in [5.41, 5.74) is -1.34. The van der Waals surface area contributed by atoms with Gasteiger partial charge in [-0.05, 0) is 12.8 Å². The molecule has 2 N–H and O–H groups in total. The second kappa shape index (κ2) is 4.36. The molecular formula is C8H15NO3. The smallest absolute Gasteiger partial charge is 0.235 e. The van der Waals surface area contributed by atoms with Crippen molar-refractivity contribution in [1.82, 2.24) is 0 Å². The van der Waals surface area contributed by atoms with Gasteiger partial charge >= 0.3 is 0 Å². The molecule has 0 aromatic carbocycles. The molecule has 4 heteroatoms. The first kappa shape index (κ1) is 11.3. The highest BCUT2D eigenvalue weighted by Crippen LogP contribution is 2.17. The Morgan fingerprint density at radius 2 is 2.08 bits per heavy atom. The summed E-state index contributed by atoms with van der Waals surface area (Å²) in [5.74, 6) is -0.0677. The molecule has 0 saturated carbocycles. The second-order valence-corrected chi connectivity index (χ2v) is 3.45. The first-order valence-electron chi connectivity index (χ1n) is 3.86. The summed E-state index contributed by atoms with van der Waals surface area (Å²) in [6.45, 7) is 4.89. The molecule has 0 aromatic heterocycles. The second-order valence-electron chi connectivity index (χ2n) is 3.45. The van der Waals surface area contributed by atoms with Crippen molar-refractivity contribution in [3.63, 3.8) is 0 Å². The van der Waals surface area contributed by atoms with Crippen molar-refractivity contribution in [2.45, 2.75) is 32.5 Å². The highest BCUT2D eigenvalue weighted by molar-refractivity contribution is 5.33. The molecule has 0 amide bonds. The fourth-order valence-electron chi connectivity index (χ4n) is 1.00. The van der Waals surface area contributed by atoms with Gasteiger partial charge in [-0.25, -0.2) is 9.79 Å². The van der Waals surface area contributed by atoms with Crippen molar-refractivity contribution in [3.05, 3.63) is 0 Å². The van der Waals surface area contributed by atoms with Crippen molar-refractivity contribution < 1.29 is 15.0 Å². The molecule has 0 spiro atoms. The van der Waals surface area contributed by atoms with Gasteiger partial charge in [-0.3, -0.25) is 0 Å². The first-order chi connectivity index (χ1) is 5.41. The lowest BCUT2D eigenvalue weighted by Crippen LogP contribution is -2.45. The third-order valence-corrected chi connectivity index (χ3v) is 1.73. The molecule has 70 valence electrons. The molecule has 0 aliphatic rings. The van der Waals surface area contributed by atoms with Crippen molar-refractivity contribution in [1.29, 1.82) is 0 Å². The van der Waals surface area contributed by atoms with E-state index in [9.17, 15) is 15.0 Å². The maximum atomic E-state index is 9.76. The van der Waals surface area contributed by atoms with Crippen LogP contribution in [-0.4, -0.2) is 34.5 Å². The van der Waals surface area contributed by atoms with Gasteiger partial charge in [-0.1, -0.05) is 13.8 Å². The van der Waals surface area contributed by atoms with E-state index in [4.69, 9.17) is 0 Å². The number of hydrogen-bond donors (Lipinski definition) is 2. The van der Waals surface area contributed by atoms with E-state index in [1.54, 1.807) is 13.8 Å². The molecule has 0 radical (unpaired) electrons. The SMILES string of the molecule is CC(C)C(O)C(C)(O)CN=C=O. The number of carbonyl (C=O) groups excluding carboxylic acids is 1. The molecule has 0 aromatic rings. The van der Waals surface area contributed by atoms with E-state index in [2.05, 4.69) is 4.99 Å². The van der Waals surface area contributed by atoms with Gasteiger partial charge in [0, 0.05) is 0 Å². The van der Waals surface area contributed by atoms with Gasteiger partial charge in [0.25, 0.3) is 0 Å². The van der Waals surface area contributed by atoms with Crippen LogP contribution in [-0.2, 0) is 4.79 Å². The Labute approximate surface area is 71.9 Å². The minimum absolute atomic E-state index is 0.0677. The fraction of sp³-hybridized carbons (Fsp3) is 0.875. The van der Waals surface area contributed by atoms with E-state index in [-0.39, 0.29) is 12.5 Å². The average Bonchev–Trinajstić information content (AvgIpc) is 1.99. The van der Waals surface area contributed by atoms with Crippen molar-refractivity contribution >= 4 is 6.08 Å². The molecule has 4 nitrogen and oxygen atoms in total. The molecule has 12 heavy (non-hydrogen) atoms. The summed E-state index contributed by atoms with van der Waals surface area (Å²) in [6.07, 6.45) is 0.441. The third-order valence-electron chi connectivity index (χ3n) is 1.73. The van der Waals surface area contributed by atoms with E-state index >= 15 is 0 Å². The van der Waals surface area contributed by atoms with Crippen molar-refractivity contribution in [2.24, 2.45) is 10.9 Å². The lowest BCUT2D eigenvalue weighted by atomic mass is 9.91. The average molecular weight is 173 g/mol. The molecule has 0 aliphatic heterocycles. The Bertz CT molecular complexity index is 183. The van der Waals surface area contributed by atoms with Crippen LogP contribution in [0.4, 0.5) is 0 Å². The zero-order chi connectivity index (χ0) is 9.78. The number of hydrogen-bond acceptors (Lipinski definition) is 4. The predicted octanol–water partition coefficient (Wildman–Crippen LogP) is 0.0901. The Balaban J connectivity index is 4.27. The zero-order valence-corrected chi connectivity index (χ0v) is 7.61. The normalized spacial score (nSPS) is 18.2. The van der Waals surface area contributed by atoms with Gasteiger partial charge in [0.05, 0.1) is 12.6 Å². The van der Waals surface area contributed by atoms with Gasteiger partial charge in [-0.2, -0.15) is 0 Å². The van der Waals surface area contributed by atoms with Gasteiger partial charge < -0.3 is 10.2 Å². The minimum atomic E-state index is -1.34. The Morgan fingerprint density at radius 1 is 1.58 bits per heavy atom. The molecule has 0 aliphatic carbocycles. The number of isocyanates is 1. The third kappa shape index (κ3) is 3.13. The van der Waals surface area contributed by atoms with E-state index < -0.39 is 11.7 Å². The van der Waals surface area contributed by atoms with E-state index in [1.165, 1.54) is 13.0 Å². The minimum Gasteiger partial charge on any atom is -0.390 e. The van der Waals surface area contributed by atoms with Crippen LogP contribution in [0.3, 0.4) is 0 Å². The van der Waals surface area contributed by atoms with Crippen molar-refractivity contribution in [3.8, 4) is 0 Å². The molecule has 0 heterocycles. The predicted molar refractivity (Wildman–Crippen MR) is 44.5 cm³/mol. The Morgan fingerprint density at radius 3 is 2.42 bits per heavy atom. The van der Waals surface area contributed by atoms with Gasteiger partial charge in [-0.15, -0.1) is 0 Å². The van der Waals surface area contributed by atoms with Gasteiger partial charge in [0.2, 0.25) is 6.08 Å². The van der Waals surface area contributed by atoms with Crippen LogP contribution in [0.15, 0.2) is 4.99 Å². The quantitative estimate of drug-likeness (QED) is 0.467. The molecule has 0 bridgehead atoms. The molecule has 2 atom stereocenters. The molecular weight excluding hydrogens is 158 g/mol. The molecule has 0 fully saturated rings. The number of nitrogens with zero attached hydrogens (tertiary/aromatic N) is 1. The summed E-state index contributed by atoms with van der Waals surface area (Å²) in [7, 11) is 0. The van der Waals surface area contributed by atoms with E-state index in [1.807, 2.05) is 0 Å². The lowest BCUT2D eigenvalue weighted by Gasteiger charge is -2.29. The van der Waals surface area contributed by atoms with Crippen LogP contribution >= 0.6 is 0 Å². The first-order valence-corrected chi connectivity index (χ1v) is 3.86. The molecule has 0 rings (SSSR count). The highest BCUT2D eigenvalue weighted by Gasteiger charge is 2.32. The van der Waals surface area contributed by atoms with Crippen LogP contribution in [0.25, 0.3) is 0 Å². The largest absolute Gasteiger partial charge is 0.390 e. The van der Waals surface area contributed by atoms with Gasteiger partial charge in [0.1, 0.15) is 5.60 Å². The summed E-state index contributed by atoms with van der Waals surface area (Å²) in [6, 6.07) is 0. The maximum Gasteiger partial charge on any atom is 0.235 e. The Kier molecular flexibility index (Phi) is 4.10. The summed E-state index contributed by atoms with van der Waals surface area (Å²) in [5, 5.41) is 19.0. The van der Waals surface area contributed by atoms with Crippen LogP contribution < -0.4 is 0 Å². The summed E-state index contributed by atoms with van der Waals surface area (Å²) >= 11 is 0. The summed E-state index contributed by atoms with van der Waals surface area (Å²) in [4.78, 5) is 13.0. The monoisotopic (exact) mass is 173 g/mol. The number of aliphatic hydroxyl groups is 2. The summed E-state index contributed by atoms with van der Waals surface area (Å²) < 4.78 is 0. The molecule has 2 unspecified atom stereocenters. The highest BCUT2D eigenvalue weighted by atomic mass is 16.3. The van der Waals surface area contributed by atoms with Crippen LogP contribution in [0.5, 0.6) is 0 Å².